The van der Waals surface area contributed by atoms with Crippen LogP contribution in [-0.4, -0.2) is 47.8 Å². The van der Waals surface area contributed by atoms with E-state index in [1.54, 1.807) is 18.2 Å². The van der Waals surface area contributed by atoms with Crippen molar-refractivity contribution in [2.75, 3.05) is 20.2 Å². The number of methoxy groups -OCH3 is 1. The molecule has 1 N–H and O–H groups in total. The molecule has 21 heavy (non-hydrogen) atoms. The van der Waals surface area contributed by atoms with Crippen molar-refractivity contribution in [1.82, 2.24) is 4.90 Å². The summed E-state index contributed by atoms with van der Waals surface area (Å²) in [4.78, 5) is 24.3. The highest BCUT2D eigenvalue weighted by molar-refractivity contribution is 6.31. The van der Waals surface area contributed by atoms with Crippen LogP contribution in [0.25, 0.3) is 0 Å². The van der Waals surface area contributed by atoms with Crippen molar-refractivity contribution in [3.05, 3.63) is 28.8 Å². The molecule has 1 atom stereocenters. The number of ether oxygens (including phenoxy) is 1. The van der Waals surface area contributed by atoms with Crippen LogP contribution in [0.5, 0.6) is 5.75 Å². The Labute approximate surface area is 126 Å². The first kappa shape index (κ1) is 15.6. The Morgan fingerprint density at radius 1 is 1.52 bits per heavy atom. The van der Waals surface area contributed by atoms with E-state index >= 15 is 0 Å². The molecule has 7 heteroatoms. The third-order valence-electron chi connectivity index (χ3n) is 3.58. The highest BCUT2D eigenvalue weighted by Crippen LogP contribution is 2.30. The third-order valence-corrected chi connectivity index (χ3v) is 3.93. The largest absolute Gasteiger partial charge is 0.496 e. The Kier molecular flexibility index (Phi) is 4.37. The second-order valence-electron chi connectivity index (χ2n) is 4.93. The number of hydrogen-bond acceptors (Lipinski definition) is 3. The lowest BCUT2D eigenvalue weighted by atomic mass is 10.1. The number of nitrogens with zero attached hydrogens (tertiary/aromatic N) is 1. The Balaban J connectivity index is 2.12. The van der Waals surface area contributed by atoms with Gasteiger partial charge >= 0.3 is 5.97 Å². The van der Waals surface area contributed by atoms with Gasteiger partial charge in [-0.1, -0.05) is 17.7 Å². The zero-order valence-corrected chi connectivity index (χ0v) is 12.2. The molecule has 114 valence electrons. The van der Waals surface area contributed by atoms with Crippen LogP contribution in [0.15, 0.2) is 18.2 Å². The Bertz CT molecular complexity index is 580. The first-order valence-corrected chi connectivity index (χ1v) is 6.76. The lowest BCUT2D eigenvalue weighted by Gasteiger charge is -2.19. The number of hydrogen-bond donors (Lipinski definition) is 1. The lowest BCUT2D eigenvalue weighted by Crippen LogP contribution is -2.39. The summed E-state index contributed by atoms with van der Waals surface area (Å²) >= 11 is 6.05. The topological polar surface area (TPSA) is 66.8 Å². The summed E-state index contributed by atoms with van der Waals surface area (Å²) in [6.45, 7) is -0.359. The van der Waals surface area contributed by atoms with Gasteiger partial charge < -0.3 is 14.7 Å². The van der Waals surface area contributed by atoms with Crippen LogP contribution < -0.4 is 4.74 Å². The molecule has 2 rings (SSSR count). The number of halogens is 2. The summed E-state index contributed by atoms with van der Waals surface area (Å²) < 4.78 is 19.1. The zero-order valence-electron chi connectivity index (χ0n) is 11.4. The smallest absolute Gasteiger partial charge is 0.343 e. The molecule has 1 aromatic rings. The average molecular weight is 316 g/mol. The van der Waals surface area contributed by atoms with Crippen molar-refractivity contribution in [2.24, 2.45) is 0 Å². The fourth-order valence-electron chi connectivity index (χ4n) is 2.32. The minimum absolute atomic E-state index is 0.0570. The van der Waals surface area contributed by atoms with Crippen LogP contribution >= 0.6 is 11.6 Å². The third kappa shape index (κ3) is 3.10. The van der Waals surface area contributed by atoms with Crippen molar-refractivity contribution < 1.29 is 23.8 Å². The van der Waals surface area contributed by atoms with E-state index in [1.807, 2.05) is 0 Å². The first-order chi connectivity index (χ1) is 9.87. The Morgan fingerprint density at radius 3 is 2.81 bits per heavy atom. The summed E-state index contributed by atoms with van der Waals surface area (Å²) in [5.74, 6) is -1.44. The van der Waals surface area contributed by atoms with Gasteiger partial charge in [0.05, 0.1) is 20.1 Å². The summed E-state index contributed by atoms with van der Waals surface area (Å²) in [7, 11) is 1.46. The number of alkyl halides is 1. The van der Waals surface area contributed by atoms with Crippen LogP contribution in [0.3, 0.4) is 0 Å². The van der Waals surface area contributed by atoms with Gasteiger partial charge in [0.15, 0.2) is 0 Å². The predicted molar refractivity (Wildman–Crippen MR) is 74.4 cm³/mol. The maximum Gasteiger partial charge on any atom is 0.343 e. The van der Waals surface area contributed by atoms with E-state index in [0.717, 1.165) is 0 Å². The van der Waals surface area contributed by atoms with E-state index in [9.17, 15) is 14.0 Å². The molecule has 0 saturated carbocycles. The number of aliphatic carboxylic acids is 1. The molecule has 5 nitrogen and oxygen atoms in total. The van der Waals surface area contributed by atoms with Gasteiger partial charge in [0.1, 0.15) is 5.75 Å². The van der Waals surface area contributed by atoms with Gasteiger partial charge in [-0.2, -0.15) is 0 Å². The maximum absolute atomic E-state index is 14.0. The molecule has 0 aromatic heterocycles. The number of rotatable bonds is 4. The maximum atomic E-state index is 14.0. The summed E-state index contributed by atoms with van der Waals surface area (Å²) in [5, 5.41) is 9.22. The molecule has 0 radical (unpaired) electrons. The highest BCUT2D eigenvalue weighted by Gasteiger charge is 2.46. The predicted octanol–water partition coefficient (Wildman–Crippen LogP) is 1.92. The molecule has 1 aliphatic heterocycles. The zero-order chi connectivity index (χ0) is 15.6. The van der Waals surface area contributed by atoms with E-state index in [0.29, 0.717) is 16.3 Å². The van der Waals surface area contributed by atoms with Gasteiger partial charge in [0.25, 0.3) is 0 Å². The highest BCUT2D eigenvalue weighted by atomic mass is 35.5. The number of amides is 1. The number of carbonyl (C=O) groups is 2. The van der Waals surface area contributed by atoms with Crippen LogP contribution in [0, 0.1) is 0 Å². The summed E-state index contributed by atoms with van der Waals surface area (Å²) in [6, 6.07) is 5.00. The van der Waals surface area contributed by atoms with Gasteiger partial charge in [0.2, 0.25) is 11.6 Å². The van der Waals surface area contributed by atoms with E-state index in [1.165, 1.54) is 12.0 Å². The number of carboxylic acid groups (broad SMARTS) is 1. The molecule has 0 spiro atoms. The normalized spacial score (nSPS) is 21.4. The Hall–Kier alpha value is -1.82. The average Bonchev–Trinajstić information content (AvgIpc) is 2.85. The van der Waals surface area contributed by atoms with Crippen molar-refractivity contribution in [2.45, 2.75) is 18.5 Å². The second-order valence-corrected chi connectivity index (χ2v) is 5.34. The van der Waals surface area contributed by atoms with Crippen molar-refractivity contribution in [1.29, 1.82) is 0 Å². The first-order valence-electron chi connectivity index (χ1n) is 6.39. The molecule has 1 fully saturated rings. The van der Waals surface area contributed by atoms with Gasteiger partial charge in [-0.3, -0.25) is 4.79 Å². The molecule has 1 unspecified atom stereocenters. The van der Waals surface area contributed by atoms with Crippen molar-refractivity contribution in [3.8, 4) is 5.75 Å². The van der Waals surface area contributed by atoms with Gasteiger partial charge in [0, 0.05) is 23.6 Å². The SMILES string of the molecule is COc1cccc(Cl)c1CC(=O)N1CCC(F)(C(=O)O)C1. The number of likely N-dealkylation sites (tertiary alicyclic amines) is 1. The van der Waals surface area contributed by atoms with Crippen molar-refractivity contribution >= 4 is 23.5 Å². The van der Waals surface area contributed by atoms with Gasteiger partial charge in [-0.15, -0.1) is 0 Å². The van der Waals surface area contributed by atoms with Gasteiger partial charge in [-0.25, -0.2) is 9.18 Å². The molecule has 0 bridgehead atoms. The Morgan fingerprint density at radius 2 is 2.24 bits per heavy atom. The number of carbonyl (C=O) groups excluding carboxylic acids is 1. The van der Waals surface area contributed by atoms with Crippen LogP contribution in [0.4, 0.5) is 4.39 Å². The lowest BCUT2D eigenvalue weighted by molar-refractivity contribution is -0.150. The van der Waals surface area contributed by atoms with E-state index in [-0.39, 0.29) is 25.3 Å². The number of benzene rings is 1. The second kappa shape index (κ2) is 5.89. The fraction of sp³-hybridized carbons (Fsp3) is 0.429. The molecule has 1 saturated heterocycles. The number of carboxylic acids is 1. The van der Waals surface area contributed by atoms with Crippen LogP contribution in [-0.2, 0) is 16.0 Å². The molecule has 0 aliphatic carbocycles. The summed E-state index contributed by atoms with van der Waals surface area (Å²) in [6.07, 6.45) is -0.258. The molecular weight excluding hydrogens is 301 g/mol. The van der Waals surface area contributed by atoms with E-state index < -0.39 is 18.2 Å². The molecule has 1 aromatic carbocycles. The molecule has 1 aliphatic rings. The van der Waals surface area contributed by atoms with Crippen LogP contribution in [0.1, 0.15) is 12.0 Å². The summed E-state index contributed by atoms with van der Waals surface area (Å²) in [5.41, 5.74) is -1.85. The monoisotopic (exact) mass is 315 g/mol. The standard InChI is InChI=1S/C14H15ClFNO4/c1-21-11-4-2-3-10(15)9(11)7-12(18)17-6-5-14(16,8-17)13(19)20/h2-4H,5-8H2,1H3,(H,19,20). The fourth-order valence-corrected chi connectivity index (χ4v) is 2.56. The van der Waals surface area contributed by atoms with Crippen LogP contribution in [0.2, 0.25) is 5.02 Å². The minimum atomic E-state index is -2.36. The van der Waals surface area contributed by atoms with Crippen molar-refractivity contribution in [3.63, 3.8) is 0 Å². The minimum Gasteiger partial charge on any atom is -0.496 e. The van der Waals surface area contributed by atoms with E-state index in [2.05, 4.69) is 0 Å². The molecular formula is C14H15ClFNO4. The van der Waals surface area contributed by atoms with E-state index in [4.69, 9.17) is 21.4 Å². The van der Waals surface area contributed by atoms with Gasteiger partial charge in [-0.05, 0) is 12.1 Å². The quantitative estimate of drug-likeness (QED) is 0.921. The molecule has 1 heterocycles. The molecule has 1 amide bonds.